The molecule has 3 aromatic heterocycles. The van der Waals surface area contributed by atoms with Gasteiger partial charge in [0, 0.05) is 51.4 Å². The molecular formula is C24H25ClN6S. The smallest absolute Gasteiger partial charge is 0.178 e. The summed E-state index contributed by atoms with van der Waals surface area (Å²) < 4.78 is 0. The molecule has 0 amide bonds. The standard InChI is InChI=1S/C24H25ClN6S/c1-30(13-14-31-12-9-17-5-2-3-6-18(17)15-31)21-8-11-26-20(22(21)25)16-32-24-28-19-7-4-10-27-23(19)29-24/h2-8,10-11H,9,12-16H2,1H3,(H,27,28,29). The number of benzene rings is 1. The molecule has 0 radical (unpaired) electrons. The first-order chi connectivity index (χ1) is 15.7. The number of hydrogen-bond donors (Lipinski definition) is 1. The molecule has 0 unspecified atom stereocenters. The first-order valence-corrected chi connectivity index (χ1v) is 12.1. The van der Waals surface area contributed by atoms with Crippen LogP contribution in [0, 0.1) is 0 Å². The number of hydrogen-bond acceptors (Lipinski definition) is 6. The van der Waals surface area contributed by atoms with E-state index in [2.05, 4.69) is 61.0 Å². The van der Waals surface area contributed by atoms with Crippen molar-refractivity contribution in [2.45, 2.75) is 23.9 Å². The third-order valence-electron chi connectivity index (χ3n) is 5.89. The number of rotatable bonds is 7. The van der Waals surface area contributed by atoms with Gasteiger partial charge in [0.05, 0.1) is 21.9 Å². The first kappa shape index (κ1) is 21.2. The molecule has 5 rings (SSSR count). The van der Waals surface area contributed by atoms with Crippen LogP contribution in [0.3, 0.4) is 0 Å². The van der Waals surface area contributed by atoms with Gasteiger partial charge in [-0.3, -0.25) is 9.88 Å². The first-order valence-electron chi connectivity index (χ1n) is 10.7. The highest BCUT2D eigenvalue weighted by Crippen LogP contribution is 2.31. The summed E-state index contributed by atoms with van der Waals surface area (Å²) in [6.45, 7) is 4.03. The Kier molecular flexibility index (Phi) is 6.30. The Hall–Kier alpha value is -2.61. The van der Waals surface area contributed by atoms with Crippen molar-refractivity contribution < 1.29 is 0 Å². The topological polar surface area (TPSA) is 60.9 Å². The summed E-state index contributed by atoms with van der Waals surface area (Å²) >= 11 is 8.35. The molecule has 4 heterocycles. The molecule has 4 aromatic rings. The zero-order valence-corrected chi connectivity index (χ0v) is 19.5. The third-order valence-corrected chi connectivity index (χ3v) is 7.19. The number of halogens is 1. The number of pyridine rings is 2. The number of anilines is 1. The van der Waals surface area contributed by atoms with E-state index in [1.54, 1.807) is 18.0 Å². The molecule has 0 spiro atoms. The second kappa shape index (κ2) is 9.48. The van der Waals surface area contributed by atoms with E-state index < -0.39 is 0 Å². The molecule has 164 valence electrons. The van der Waals surface area contributed by atoms with Crippen molar-refractivity contribution in [2.24, 2.45) is 0 Å². The van der Waals surface area contributed by atoms with Crippen molar-refractivity contribution in [3.8, 4) is 0 Å². The molecule has 1 aliphatic heterocycles. The van der Waals surface area contributed by atoms with Crippen LogP contribution in [0.15, 0.2) is 60.0 Å². The molecule has 1 aliphatic rings. The van der Waals surface area contributed by atoms with Gasteiger partial charge in [0.1, 0.15) is 0 Å². The van der Waals surface area contributed by atoms with Gasteiger partial charge in [0.2, 0.25) is 0 Å². The number of thioether (sulfide) groups is 1. The van der Waals surface area contributed by atoms with E-state index in [-0.39, 0.29) is 0 Å². The average molecular weight is 465 g/mol. The highest BCUT2D eigenvalue weighted by atomic mass is 35.5. The summed E-state index contributed by atoms with van der Waals surface area (Å²) in [5, 5.41) is 1.53. The van der Waals surface area contributed by atoms with Gasteiger partial charge in [0.15, 0.2) is 10.8 Å². The van der Waals surface area contributed by atoms with E-state index in [1.807, 2.05) is 24.4 Å². The Morgan fingerprint density at radius 3 is 2.84 bits per heavy atom. The van der Waals surface area contributed by atoms with E-state index in [4.69, 9.17) is 11.6 Å². The fourth-order valence-electron chi connectivity index (χ4n) is 4.06. The SMILES string of the molecule is CN(CCN1CCc2ccccc2C1)c1ccnc(CSc2nc3ncccc3[nH]2)c1Cl. The van der Waals surface area contributed by atoms with Gasteiger partial charge in [-0.05, 0) is 35.7 Å². The number of nitrogens with one attached hydrogen (secondary N) is 1. The number of nitrogens with zero attached hydrogens (tertiary/aromatic N) is 5. The van der Waals surface area contributed by atoms with Gasteiger partial charge in [-0.25, -0.2) is 9.97 Å². The molecule has 0 saturated carbocycles. The molecule has 0 bridgehead atoms. The van der Waals surface area contributed by atoms with Crippen LogP contribution in [0.2, 0.25) is 5.02 Å². The van der Waals surface area contributed by atoms with Crippen molar-refractivity contribution in [2.75, 3.05) is 31.6 Å². The van der Waals surface area contributed by atoms with Gasteiger partial charge < -0.3 is 9.88 Å². The van der Waals surface area contributed by atoms with Gasteiger partial charge in [-0.1, -0.05) is 47.6 Å². The number of fused-ring (bicyclic) bond motifs is 2. The summed E-state index contributed by atoms with van der Waals surface area (Å²) in [4.78, 5) is 21.3. The van der Waals surface area contributed by atoms with E-state index in [9.17, 15) is 0 Å². The molecule has 6 nitrogen and oxygen atoms in total. The Morgan fingerprint density at radius 2 is 1.97 bits per heavy atom. The van der Waals surface area contributed by atoms with Crippen LogP contribution in [0.1, 0.15) is 16.8 Å². The molecule has 1 N–H and O–H groups in total. The minimum atomic E-state index is 0.642. The summed E-state index contributed by atoms with van der Waals surface area (Å²) in [7, 11) is 2.10. The average Bonchev–Trinajstić information content (AvgIpc) is 3.25. The number of imidazole rings is 1. The molecule has 0 atom stereocenters. The van der Waals surface area contributed by atoms with Crippen molar-refractivity contribution >= 4 is 40.2 Å². The molecule has 1 aromatic carbocycles. The van der Waals surface area contributed by atoms with E-state index in [0.29, 0.717) is 10.8 Å². The van der Waals surface area contributed by atoms with Crippen LogP contribution in [0.5, 0.6) is 0 Å². The lowest BCUT2D eigenvalue weighted by atomic mass is 10.00. The van der Waals surface area contributed by atoms with E-state index >= 15 is 0 Å². The summed E-state index contributed by atoms with van der Waals surface area (Å²) in [6.07, 6.45) is 4.71. The predicted octanol–water partition coefficient (Wildman–Crippen LogP) is 4.79. The fraction of sp³-hybridized carbons (Fsp3) is 0.292. The molecular weight excluding hydrogens is 440 g/mol. The van der Waals surface area contributed by atoms with Crippen LogP contribution in [-0.2, 0) is 18.7 Å². The Balaban J connectivity index is 1.21. The Morgan fingerprint density at radius 1 is 1.09 bits per heavy atom. The Labute approximate surface area is 197 Å². The number of H-pyrrole nitrogens is 1. The minimum Gasteiger partial charge on any atom is -0.372 e. The van der Waals surface area contributed by atoms with E-state index in [1.165, 1.54) is 11.1 Å². The second-order valence-corrected chi connectivity index (χ2v) is 9.35. The quantitative estimate of drug-likeness (QED) is 0.397. The normalized spacial score (nSPS) is 13.9. The largest absolute Gasteiger partial charge is 0.372 e. The van der Waals surface area contributed by atoms with Crippen molar-refractivity contribution in [1.29, 1.82) is 0 Å². The molecule has 32 heavy (non-hydrogen) atoms. The third kappa shape index (κ3) is 4.60. The van der Waals surface area contributed by atoms with Crippen molar-refractivity contribution in [1.82, 2.24) is 24.8 Å². The molecule has 0 saturated heterocycles. The van der Waals surface area contributed by atoms with Gasteiger partial charge >= 0.3 is 0 Å². The lowest BCUT2D eigenvalue weighted by molar-refractivity contribution is 0.260. The van der Waals surface area contributed by atoms with Crippen LogP contribution in [-0.4, -0.2) is 51.5 Å². The molecule has 0 fully saturated rings. The van der Waals surface area contributed by atoms with Gasteiger partial charge in [0.25, 0.3) is 0 Å². The fourth-order valence-corrected chi connectivity index (χ4v) is 5.28. The second-order valence-electron chi connectivity index (χ2n) is 8.01. The van der Waals surface area contributed by atoms with Crippen LogP contribution >= 0.6 is 23.4 Å². The van der Waals surface area contributed by atoms with Crippen molar-refractivity contribution in [3.05, 3.63) is 76.7 Å². The van der Waals surface area contributed by atoms with Crippen LogP contribution in [0.4, 0.5) is 5.69 Å². The Bertz CT molecular complexity index is 1190. The van der Waals surface area contributed by atoms with Crippen molar-refractivity contribution in [3.63, 3.8) is 0 Å². The maximum atomic E-state index is 6.76. The van der Waals surface area contributed by atoms with Crippen LogP contribution in [0.25, 0.3) is 11.2 Å². The van der Waals surface area contributed by atoms with Gasteiger partial charge in [-0.15, -0.1) is 0 Å². The van der Waals surface area contributed by atoms with Gasteiger partial charge in [-0.2, -0.15) is 0 Å². The van der Waals surface area contributed by atoms with E-state index in [0.717, 1.165) is 60.3 Å². The number of aromatic nitrogens is 4. The highest BCUT2D eigenvalue weighted by molar-refractivity contribution is 7.98. The monoisotopic (exact) mass is 464 g/mol. The maximum absolute atomic E-state index is 6.76. The summed E-state index contributed by atoms with van der Waals surface area (Å²) in [6, 6.07) is 14.6. The lowest BCUT2D eigenvalue weighted by Gasteiger charge is -2.31. The lowest BCUT2D eigenvalue weighted by Crippen LogP contribution is -2.36. The maximum Gasteiger partial charge on any atom is 0.178 e. The summed E-state index contributed by atoms with van der Waals surface area (Å²) in [5.74, 6) is 0.642. The zero-order valence-electron chi connectivity index (χ0n) is 18.0. The number of aromatic amines is 1. The molecule has 0 aliphatic carbocycles. The number of likely N-dealkylation sites (N-methyl/N-ethyl adjacent to an activating group) is 1. The van der Waals surface area contributed by atoms with Crippen LogP contribution < -0.4 is 4.90 Å². The zero-order chi connectivity index (χ0) is 21.9. The minimum absolute atomic E-state index is 0.642. The summed E-state index contributed by atoms with van der Waals surface area (Å²) in [5.41, 5.74) is 6.47. The predicted molar refractivity (Wildman–Crippen MR) is 131 cm³/mol. The molecule has 8 heteroatoms. The highest BCUT2D eigenvalue weighted by Gasteiger charge is 2.17.